The maximum absolute atomic E-state index is 12.3. The van der Waals surface area contributed by atoms with Gasteiger partial charge < -0.3 is 9.84 Å². The van der Waals surface area contributed by atoms with Crippen LogP contribution >= 0.6 is 0 Å². The van der Waals surface area contributed by atoms with E-state index in [0.29, 0.717) is 0 Å². The molecule has 6 heteroatoms. The van der Waals surface area contributed by atoms with E-state index in [1.807, 2.05) is 0 Å². The van der Waals surface area contributed by atoms with Crippen LogP contribution in [-0.2, 0) is 4.74 Å². The molecule has 0 aromatic carbocycles. The normalized spacial score (nSPS) is 15.8. The number of ether oxygens (including phenoxy) is 1. The summed E-state index contributed by atoms with van der Waals surface area (Å²) in [5.41, 5.74) is 0. The highest BCUT2D eigenvalue weighted by atomic mass is 19.3. The van der Waals surface area contributed by atoms with Gasteiger partial charge in [-0.15, -0.1) is 0 Å². The van der Waals surface area contributed by atoms with Crippen LogP contribution in [0, 0.1) is 5.92 Å². The summed E-state index contributed by atoms with van der Waals surface area (Å²) in [6.07, 6.45) is -7.04. The van der Waals surface area contributed by atoms with Crippen molar-refractivity contribution in [2.75, 3.05) is 6.61 Å². The van der Waals surface area contributed by atoms with Crippen LogP contribution in [0.2, 0.25) is 0 Å². The fourth-order valence-corrected chi connectivity index (χ4v) is 0.543. The summed E-state index contributed by atoms with van der Waals surface area (Å²) in [6, 6.07) is 0. The van der Waals surface area contributed by atoms with Crippen LogP contribution in [-0.4, -0.2) is 30.5 Å². The Hall–Kier alpha value is -0.940. The molecule has 0 heterocycles. The zero-order valence-corrected chi connectivity index (χ0v) is 6.34. The predicted octanol–water partition coefficient (Wildman–Crippen LogP) is 1.92. The fourth-order valence-electron chi connectivity index (χ4n) is 0.543. The van der Waals surface area contributed by atoms with Gasteiger partial charge in [-0.25, -0.2) is 18.0 Å². The molecule has 0 amide bonds. The molecule has 0 fully saturated rings. The SMILES string of the molecule is CC(COC(=O)O)C(F)C(F)F. The zero-order chi connectivity index (χ0) is 9.72. The van der Waals surface area contributed by atoms with Crippen LogP contribution in [0.5, 0.6) is 0 Å². The number of rotatable bonds is 4. The van der Waals surface area contributed by atoms with E-state index >= 15 is 0 Å². The minimum atomic E-state index is -3.10. The molecular formula is C6H9F3O3. The van der Waals surface area contributed by atoms with Crippen molar-refractivity contribution in [3.63, 3.8) is 0 Å². The van der Waals surface area contributed by atoms with Crippen LogP contribution in [0.25, 0.3) is 0 Å². The molecular weight excluding hydrogens is 177 g/mol. The minimum absolute atomic E-state index is 0.555. The van der Waals surface area contributed by atoms with Crippen molar-refractivity contribution < 1.29 is 27.8 Å². The molecule has 12 heavy (non-hydrogen) atoms. The number of halogens is 3. The molecule has 2 unspecified atom stereocenters. The number of alkyl halides is 3. The highest BCUT2D eigenvalue weighted by molar-refractivity contribution is 5.56. The average molecular weight is 186 g/mol. The van der Waals surface area contributed by atoms with Crippen LogP contribution in [0.1, 0.15) is 6.92 Å². The van der Waals surface area contributed by atoms with E-state index in [1.54, 1.807) is 0 Å². The van der Waals surface area contributed by atoms with Crippen molar-refractivity contribution in [3.8, 4) is 0 Å². The second-order valence-corrected chi connectivity index (χ2v) is 2.33. The lowest BCUT2D eigenvalue weighted by Crippen LogP contribution is -2.26. The molecule has 1 N–H and O–H groups in total. The zero-order valence-electron chi connectivity index (χ0n) is 6.34. The molecule has 0 rings (SSSR count). The third-order valence-corrected chi connectivity index (χ3v) is 1.25. The number of carboxylic acid groups (broad SMARTS) is 1. The van der Waals surface area contributed by atoms with E-state index in [2.05, 4.69) is 4.74 Å². The average Bonchev–Trinajstić information content (AvgIpc) is 1.98. The van der Waals surface area contributed by atoms with Gasteiger partial charge in [0.05, 0.1) is 0 Å². The molecule has 3 nitrogen and oxygen atoms in total. The van der Waals surface area contributed by atoms with Gasteiger partial charge in [-0.1, -0.05) is 6.92 Å². The van der Waals surface area contributed by atoms with E-state index in [9.17, 15) is 18.0 Å². The second kappa shape index (κ2) is 4.84. The van der Waals surface area contributed by atoms with E-state index in [4.69, 9.17) is 5.11 Å². The van der Waals surface area contributed by atoms with E-state index < -0.39 is 31.3 Å². The molecule has 0 aliphatic heterocycles. The number of carbonyl (C=O) groups is 1. The highest BCUT2D eigenvalue weighted by Crippen LogP contribution is 2.15. The Labute approximate surface area is 67.1 Å². The maximum Gasteiger partial charge on any atom is 0.505 e. The summed E-state index contributed by atoms with van der Waals surface area (Å²) in [7, 11) is 0. The van der Waals surface area contributed by atoms with Gasteiger partial charge in [0, 0.05) is 5.92 Å². The number of hydrogen-bond donors (Lipinski definition) is 1. The molecule has 0 radical (unpaired) electrons. The smallest absolute Gasteiger partial charge is 0.450 e. The first-order valence-corrected chi connectivity index (χ1v) is 3.23. The summed E-state index contributed by atoms with van der Waals surface area (Å²) in [4.78, 5) is 9.76. The summed E-state index contributed by atoms with van der Waals surface area (Å²) in [5.74, 6) is -1.12. The lowest BCUT2D eigenvalue weighted by atomic mass is 10.1. The van der Waals surface area contributed by atoms with Gasteiger partial charge in [0.2, 0.25) is 0 Å². The van der Waals surface area contributed by atoms with Crippen molar-refractivity contribution in [1.29, 1.82) is 0 Å². The van der Waals surface area contributed by atoms with Gasteiger partial charge in [0.25, 0.3) is 6.43 Å². The van der Waals surface area contributed by atoms with Gasteiger partial charge in [-0.05, 0) is 0 Å². The van der Waals surface area contributed by atoms with Crippen LogP contribution in [0.4, 0.5) is 18.0 Å². The fraction of sp³-hybridized carbons (Fsp3) is 0.833. The standard InChI is InChI=1S/C6H9F3O3/c1-3(2-12-6(10)11)4(7)5(8)9/h3-5H,2H2,1H3,(H,10,11). The molecule has 0 spiro atoms. The van der Waals surface area contributed by atoms with E-state index in [0.717, 1.165) is 6.92 Å². The first-order chi connectivity index (χ1) is 5.45. The molecule has 0 bridgehead atoms. The first-order valence-electron chi connectivity index (χ1n) is 3.23. The van der Waals surface area contributed by atoms with Crippen LogP contribution < -0.4 is 0 Å². The Kier molecular flexibility index (Phi) is 4.46. The monoisotopic (exact) mass is 186 g/mol. The van der Waals surface area contributed by atoms with Crippen molar-refractivity contribution >= 4 is 6.16 Å². The summed E-state index contributed by atoms with van der Waals surface area (Å²) in [6.45, 7) is 0.598. The Balaban J connectivity index is 3.71. The molecule has 72 valence electrons. The first kappa shape index (κ1) is 11.1. The van der Waals surface area contributed by atoms with E-state index in [-0.39, 0.29) is 0 Å². The lowest BCUT2D eigenvalue weighted by molar-refractivity contribution is -0.00516. The molecule has 0 aromatic rings. The van der Waals surface area contributed by atoms with Crippen molar-refractivity contribution in [3.05, 3.63) is 0 Å². The maximum atomic E-state index is 12.3. The van der Waals surface area contributed by atoms with Gasteiger partial charge in [-0.2, -0.15) is 0 Å². The predicted molar refractivity (Wildman–Crippen MR) is 34.0 cm³/mol. The highest BCUT2D eigenvalue weighted by Gasteiger charge is 2.26. The largest absolute Gasteiger partial charge is 0.505 e. The van der Waals surface area contributed by atoms with Crippen LogP contribution in [0.15, 0.2) is 0 Å². The summed E-state index contributed by atoms with van der Waals surface area (Å²) >= 11 is 0. The lowest BCUT2D eigenvalue weighted by Gasteiger charge is -2.14. The van der Waals surface area contributed by atoms with Gasteiger partial charge in [0.15, 0.2) is 6.17 Å². The van der Waals surface area contributed by atoms with Crippen molar-refractivity contribution in [1.82, 2.24) is 0 Å². The molecule has 0 saturated carbocycles. The van der Waals surface area contributed by atoms with Gasteiger partial charge >= 0.3 is 6.16 Å². The quantitative estimate of drug-likeness (QED) is 0.682. The summed E-state index contributed by atoms with van der Waals surface area (Å²) in [5, 5.41) is 7.95. The third-order valence-electron chi connectivity index (χ3n) is 1.25. The molecule has 0 aliphatic carbocycles. The summed E-state index contributed by atoms with van der Waals surface area (Å²) < 4.78 is 39.5. The van der Waals surface area contributed by atoms with Gasteiger partial charge in [0.1, 0.15) is 6.61 Å². The Morgan fingerprint density at radius 1 is 1.50 bits per heavy atom. The molecule has 2 atom stereocenters. The molecule has 0 saturated heterocycles. The Morgan fingerprint density at radius 2 is 2.00 bits per heavy atom. The minimum Gasteiger partial charge on any atom is -0.450 e. The van der Waals surface area contributed by atoms with Crippen LogP contribution in [0.3, 0.4) is 0 Å². The van der Waals surface area contributed by atoms with Gasteiger partial charge in [-0.3, -0.25) is 0 Å². The topological polar surface area (TPSA) is 46.5 Å². The molecule has 0 aliphatic rings. The second-order valence-electron chi connectivity index (χ2n) is 2.33. The van der Waals surface area contributed by atoms with E-state index in [1.165, 1.54) is 0 Å². The molecule has 0 aromatic heterocycles. The Morgan fingerprint density at radius 3 is 2.33 bits per heavy atom. The third kappa shape index (κ3) is 4.05. The van der Waals surface area contributed by atoms with Crippen molar-refractivity contribution in [2.45, 2.75) is 19.5 Å². The number of hydrogen-bond acceptors (Lipinski definition) is 2. The Bertz CT molecular complexity index is 151. The van der Waals surface area contributed by atoms with Crippen molar-refractivity contribution in [2.24, 2.45) is 5.92 Å².